The molecule has 0 aromatic carbocycles. The third kappa shape index (κ3) is 3.75. The Bertz CT molecular complexity index is 282. The lowest BCUT2D eigenvalue weighted by atomic mass is 10.2. The van der Waals surface area contributed by atoms with Crippen LogP contribution in [0.3, 0.4) is 0 Å². The van der Waals surface area contributed by atoms with E-state index < -0.39 is 0 Å². The molecule has 4 heteroatoms. The average Bonchev–Trinajstić information content (AvgIpc) is 2.76. The van der Waals surface area contributed by atoms with Crippen LogP contribution < -0.4 is 0 Å². The lowest BCUT2D eigenvalue weighted by molar-refractivity contribution is 0.0760. The molecule has 0 aliphatic carbocycles. The maximum Gasteiger partial charge on any atom is 0.289 e. The third-order valence-electron chi connectivity index (χ3n) is 2.23. The normalized spacial score (nSPS) is 10.3. The first kappa shape index (κ1) is 11.8. The second-order valence-corrected chi connectivity index (χ2v) is 3.49. The molecule has 4 nitrogen and oxygen atoms in total. The number of hydrogen-bond acceptors (Lipinski definition) is 3. The van der Waals surface area contributed by atoms with Gasteiger partial charge in [-0.3, -0.25) is 4.79 Å². The van der Waals surface area contributed by atoms with E-state index in [4.69, 9.17) is 9.52 Å². The minimum absolute atomic E-state index is 0.0935. The lowest BCUT2D eigenvalue weighted by Crippen LogP contribution is -2.27. The lowest BCUT2D eigenvalue weighted by Gasteiger charge is -2.15. The highest BCUT2D eigenvalue weighted by Crippen LogP contribution is 2.05. The molecule has 1 heterocycles. The molecule has 0 saturated heterocycles. The molecule has 0 saturated carbocycles. The van der Waals surface area contributed by atoms with Gasteiger partial charge < -0.3 is 14.4 Å². The van der Waals surface area contributed by atoms with Gasteiger partial charge in [-0.2, -0.15) is 0 Å². The summed E-state index contributed by atoms with van der Waals surface area (Å²) in [6.07, 6.45) is 4.13. The Kier molecular flexibility index (Phi) is 4.90. The molecule has 0 aliphatic heterocycles. The fourth-order valence-electron chi connectivity index (χ4n) is 1.33. The molecule has 0 radical (unpaired) electrons. The van der Waals surface area contributed by atoms with Gasteiger partial charge in [-0.25, -0.2) is 0 Å². The molecule has 0 bridgehead atoms. The van der Waals surface area contributed by atoms with Gasteiger partial charge in [0.1, 0.15) is 0 Å². The molecule has 1 aromatic rings. The first-order valence-electron chi connectivity index (χ1n) is 5.15. The van der Waals surface area contributed by atoms with Crippen LogP contribution in [0, 0.1) is 0 Å². The van der Waals surface area contributed by atoms with Crippen LogP contribution >= 0.6 is 0 Å². The van der Waals surface area contributed by atoms with E-state index in [9.17, 15) is 4.79 Å². The van der Waals surface area contributed by atoms with E-state index in [-0.39, 0.29) is 12.5 Å². The number of furan rings is 1. The van der Waals surface area contributed by atoms with Gasteiger partial charge in [-0.15, -0.1) is 0 Å². The number of carbonyl (C=O) groups is 1. The zero-order valence-corrected chi connectivity index (χ0v) is 8.98. The van der Waals surface area contributed by atoms with Crippen molar-refractivity contribution in [3.05, 3.63) is 24.2 Å². The van der Waals surface area contributed by atoms with Gasteiger partial charge in [0, 0.05) is 20.2 Å². The Morgan fingerprint density at radius 2 is 2.27 bits per heavy atom. The standard InChI is InChI=1S/C11H17NO3/c1-12(7-3-2-4-8-13)11(14)10-6-5-9-15-10/h5-6,9,13H,2-4,7-8H2,1H3. The first-order chi connectivity index (χ1) is 7.25. The second kappa shape index (κ2) is 6.24. The summed E-state index contributed by atoms with van der Waals surface area (Å²) in [6, 6.07) is 3.36. The third-order valence-corrected chi connectivity index (χ3v) is 2.23. The summed E-state index contributed by atoms with van der Waals surface area (Å²) in [4.78, 5) is 13.3. The van der Waals surface area contributed by atoms with E-state index in [1.165, 1.54) is 6.26 Å². The number of hydrogen-bond donors (Lipinski definition) is 1. The monoisotopic (exact) mass is 211 g/mol. The summed E-state index contributed by atoms with van der Waals surface area (Å²) in [6.45, 7) is 0.912. The second-order valence-electron chi connectivity index (χ2n) is 3.49. The van der Waals surface area contributed by atoms with Crippen LogP contribution in [0.5, 0.6) is 0 Å². The SMILES string of the molecule is CN(CCCCCO)C(=O)c1ccco1. The predicted octanol–water partition coefficient (Wildman–Crippen LogP) is 1.51. The summed E-state index contributed by atoms with van der Waals surface area (Å²) in [7, 11) is 1.75. The zero-order valence-electron chi connectivity index (χ0n) is 8.98. The highest BCUT2D eigenvalue weighted by atomic mass is 16.3. The Hall–Kier alpha value is -1.29. The van der Waals surface area contributed by atoms with E-state index >= 15 is 0 Å². The zero-order chi connectivity index (χ0) is 11.1. The Balaban J connectivity index is 2.28. The van der Waals surface area contributed by atoms with Crippen LogP contribution in [0.15, 0.2) is 22.8 Å². The summed E-state index contributed by atoms with van der Waals surface area (Å²) in [5.74, 6) is 0.281. The first-order valence-corrected chi connectivity index (χ1v) is 5.15. The highest BCUT2D eigenvalue weighted by Gasteiger charge is 2.13. The number of nitrogens with zero attached hydrogens (tertiary/aromatic N) is 1. The van der Waals surface area contributed by atoms with Crippen LogP contribution in [0.25, 0.3) is 0 Å². The number of aliphatic hydroxyl groups is 1. The van der Waals surface area contributed by atoms with Crippen LogP contribution in [-0.2, 0) is 0 Å². The molecule has 0 unspecified atom stereocenters. The summed E-state index contributed by atoms with van der Waals surface area (Å²) in [5.41, 5.74) is 0. The molecule has 0 aliphatic rings. The van der Waals surface area contributed by atoms with Gasteiger partial charge in [0.25, 0.3) is 5.91 Å². The quantitative estimate of drug-likeness (QED) is 0.726. The van der Waals surface area contributed by atoms with Crippen LogP contribution in [0.2, 0.25) is 0 Å². The Morgan fingerprint density at radius 1 is 1.47 bits per heavy atom. The van der Waals surface area contributed by atoms with E-state index in [0.717, 1.165) is 19.3 Å². The number of rotatable bonds is 6. The molecule has 1 N–H and O–H groups in total. The van der Waals surface area contributed by atoms with E-state index in [0.29, 0.717) is 12.3 Å². The van der Waals surface area contributed by atoms with Gasteiger partial charge in [-0.05, 0) is 31.4 Å². The minimum atomic E-state index is -0.0935. The number of carbonyl (C=O) groups excluding carboxylic acids is 1. The van der Waals surface area contributed by atoms with Crippen molar-refractivity contribution in [2.75, 3.05) is 20.2 Å². The molecule has 1 aromatic heterocycles. The van der Waals surface area contributed by atoms with Crippen molar-refractivity contribution in [2.45, 2.75) is 19.3 Å². The predicted molar refractivity (Wildman–Crippen MR) is 56.6 cm³/mol. The van der Waals surface area contributed by atoms with Gasteiger partial charge in [0.2, 0.25) is 0 Å². The van der Waals surface area contributed by atoms with Crippen molar-refractivity contribution in [3.63, 3.8) is 0 Å². The average molecular weight is 211 g/mol. The van der Waals surface area contributed by atoms with Crippen molar-refractivity contribution < 1.29 is 14.3 Å². The number of unbranched alkanes of at least 4 members (excludes halogenated alkanes) is 2. The van der Waals surface area contributed by atoms with Gasteiger partial charge in [-0.1, -0.05) is 0 Å². The van der Waals surface area contributed by atoms with Gasteiger partial charge in [0.15, 0.2) is 5.76 Å². The van der Waals surface area contributed by atoms with Crippen molar-refractivity contribution >= 4 is 5.91 Å². The molecule has 1 amide bonds. The van der Waals surface area contributed by atoms with Crippen molar-refractivity contribution in [3.8, 4) is 0 Å². The smallest absolute Gasteiger partial charge is 0.289 e. The minimum Gasteiger partial charge on any atom is -0.459 e. The Labute approximate surface area is 89.5 Å². The molecule has 0 fully saturated rings. The molecule has 15 heavy (non-hydrogen) atoms. The summed E-state index contributed by atoms with van der Waals surface area (Å²) >= 11 is 0. The Morgan fingerprint density at radius 3 is 2.87 bits per heavy atom. The van der Waals surface area contributed by atoms with Crippen LogP contribution in [-0.4, -0.2) is 36.1 Å². The van der Waals surface area contributed by atoms with Gasteiger partial charge in [0.05, 0.1) is 6.26 Å². The number of amides is 1. The fourth-order valence-corrected chi connectivity index (χ4v) is 1.33. The maximum absolute atomic E-state index is 11.7. The number of aliphatic hydroxyl groups excluding tert-OH is 1. The van der Waals surface area contributed by atoms with Crippen molar-refractivity contribution in [2.24, 2.45) is 0 Å². The van der Waals surface area contributed by atoms with Gasteiger partial charge >= 0.3 is 0 Å². The molecule has 0 atom stereocenters. The summed E-state index contributed by atoms with van der Waals surface area (Å²) < 4.78 is 5.01. The fraction of sp³-hybridized carbons (Fsp3) is 0.545. The molecule has 84 valence electrons. The molecule has 0 spiro atoms. The van der Waals surface area contributed by atoms with E-state index in [2.05, 4.69) is 0 Å². The molecular weight excluding hydrogens is 194 g/mol. The van der Waals surface area contributed by atoms with Crippen LogP contribution in [0.1, 0.15) is 29.8 Å². The largest absolute Gasteiger partial charge is 0.459 e. The van der Waals surface area contributed by atoms with Crippen molar-refractivity contribution in [1.82, 2.24) is 4.90 Å². The summed E-state index contributed by atoms with van der Waals surface area (Å²) in [5, 5.41) is 8.60. The highest BCUT2D eigenvalue weighted by molar-refractivity contribution is 5.91. The van der Waals surface area contributed by atoms with Crippen molar-refractivity contribution in [1.29, 1.82) is 0 Å². The van der Waals surface area contributed by atoms with E-state index in [1.54, 1.807) is 24.1 Å². The van der Waals surface area contributed by atoms with Crippen LogP contribution in [0.4, 0.5) is 0 Å². The topological polar surface area (TPSA) is 53.7 Å². The molecule has 1 rings (SSSR count). The maximum atomic E-state index is 11.7. The molecular formula is C11H17NO3. The van der Waals surface area contributed by atoms with E-state index in [1.807, 2.05) is 0 Å².